The Morgan fingerprint density at radius 2 is 1.80 bits per heavy atom. The molecule has 0 saturated carbocycles. The highest BCUT2D eigenvalue weighted by Crippen LogP contribution is 2.39. The fourth-order valence-electron chi connectivity index (χ4n) is 3.65. The number of methoxy groups -OCH3 is 3. The first-order valence-corrected chi connectivity index (χ1v) is 9.25. The Bertz CT molecular complexity index is 1200. The molecule has 0 aliphatic carbocycles. The van der Waals surface area contributed by atoms with Gasteiger partial charge in [-0.1, -0.05) is 0 Å². The van der Waals surface area contributed by atoms with Crippen LogP contribution in [0, 0.1) is 6.92 Å². The van der Waals surface area contributed by atoms with Gasteiger partial charge < -0.3 is 28.3 Å². The van der Waals surface area contributed by atoms with Crippen LogP contribution in [0.1, 0.15) is 21.5 Å². The number of carbonyl (C=O) groups is 1. The molecular weight excluding hydrogens is 390 g/mol. The molecule has 0 radical (unpaired) electrons. The number of aryl methyl sites for hydroxylation is 1. The van der Waals surface area contributed by atoms with Crippen molar-refractivity contribution < 1.29 is 28.2 Å². The second kappa shape index (κ2) is 7.62. The highest BCUT2D eigenvalue weighted by atomic mass is 16.5. The highest BCUT2D eigenvalue weighted by molar-refractivity contribution is 5.97. The third kappa shape index (κ3) is 3.20. The molecule has 30 heavy (non-hydrogen) atoms. The van der Waals surface area contributed by atoms with E-state index in [1.165, 1.54) is 27.4 Å². The fraction of sp³-hybridized carbons (Fsp3) is 0.273. The monoisotopic (exact) mass is 411 g/mol. The van der Waals surface area contributed by atoms with Crippen LogP contribution in [0.4, 0.5) is 5.69 Å². The molecule has 0 spiro atoms. The summed E-state index contributed by atoms with van der Waals surface area (Å²) in [7, 11) is 4.33. The van der Waals surface area contributed by atoms with Gasteiger partial charge in [-0.15, -0.1) is 0 Å². The Morgan fingerprint density at radius 1 is 1.07 bits per heavy atom. The van der Waals surface area contributed by atoms with Crippen molar-refractivity contribution in [2.24, 2.45) is 0 Å². The lowest BCUT2D eigenvalue weighted by molar-refractivity contribution is 0.0600. The minimum atomic E-state index is -0.517. The summed E-state index contributed by atoms with van der Waals surface area (Å²) in [5, 5.41) is 0.833. The van der Waals surface area contributed by atoms with Crippen molar-refractivity contribution in [1.82, 2.24) is 0 Å². The minimum Gasteiger partial charge on any atom is -0.493 e. The predicted octanol–water partition coefficient (Wildman–Crippen LogP) is 3.26. The topological polar surface area (TPSA) is 87.4 Å². The summed E-state index contributed by atoms with van der Waals surface area (Å²) in [6, 6.07) is 8.46. The van der Waals surface area contributed by atoms with E-state index in [0.717, 1.165) is 16.5 Å². The van der Waals surface area contributed by atoms with Crippen LogP contribution in [0.25, 0.3) is 11.0 Å². The van der Waals surface area contributed by atoms with Gasteiger partial charge in [0.1, 0.15) is 11.3 Å². The van der Waals surface area contributed by atoms with Crippen LogP contribution in [0.2, 0.25) is 0 Å². The lowest BCUT2D eigenvalue weighted by Gasteiger charge is -2.32. The molecule has 1 aliphatic heterocycles. The molecule has 2 heterocycles. The molecule has 0 atom stereocenters. The van der Waals surface area contributed by atoms with Crippen LogP contribution in [0.15, 0.2) is 39.5 Å². The minimum absolute atomic E-state index is 0.189. The number of benzene rings is 2. The molecule has 0 N–H and O–H groups in total. The van der Waals surface area contributed by atoms with E-state index >= 15 is 0 Å². The summed E-state index contributed by atoms with van der Waals surface area (Å²) in [5.41, 5.74) is 2.46. The number of fused-ring (bicyclic) bond motifs is 3. The molecule has 4 rings (SSSR count). The van der Waals surface area contributed by atoms with E-state index in [4.69, 9.17) is 23.4 Å². The Labute approximate surface area is 172 Å². The first-order chi connectivity index (χ1) is 14.5. The first kappa shape index (κ1) is 19.6. The van der Waals surface area contributed by atoms with E-state index in [1.807, 2.05) is 24.0 Å². The van der Waals surface area contributed by atoms with Gasteiger partial charge in [0.15, 0.2) is 18.2 Å². The summed E-state index contributed by atoms with van der Waals surface area (Å²) >= 11 is 0. The van der Waals surface area contributed by atoms with Crippen molar-refractivity contribution in [2.75, 3.05) is 33.0 Å². The summed E-state index contributed by atoms with van der Waals surface area (Å²) in [6.45, 7) is 2.41. The molecule has 0 unspecified atom stereocenters. The number of rotatable bonds is 4. The largest absolute Gasteiger partial charge is 0.493 e. The van der Waals surface area contributed by atoms with Gasteiger partial charge in [0, 0.05) is 23.6 Å². The number of ether oxygens (including phenoxy) is 4. The molecule has 0 amide bonds. The molecule has 8 nitrogen and oxygen atoms in total. The van der Waals surface area contributed by atoms with Crippen LogP contribution in [0.5, 0.6) is 17.2 Å². The second-order valence-electron chi connectivity index (χ2n) is 6.85. The lowest BCUT2D eigenvalue weighted by Crippen LogP contribution is -2.33. The Balaban J connectivity index is 1.86. The van der Waals surface area contributed by atoms with Gasteiger partial charge in [0.05, 0.1) is 44.7 Å². The number of hydrogen-bond acceptors (Lipinski definition) is 8. The summed E-state index contributed by atoms with van der Waals surface area (Å²) in [4.78, 5) is 26.3. The molecule has 3 aromatic rings. The normalized spacial score (nSPS) is 12.9. The van der Waals surface area contributed by atoms with Gasteiger partial charge in [-0.05, 0) is 24.6 Å². The van der Waals surface area contributed by atoms with E-state index in [1.54, 1.807) is 12.1 Å². The van der Waals surface area contributed by atoms with Crippen LogP contribution < -0.4 is 24.7 Å². The fourth-order valence-corrected chi connectivity index (χ4v) is 3.65. The predicted molar refractivity (Wildman–Crippen MR) is 110 cm³/mol. The maximum Gasteiger partial charge on any atom is 0.340 e. The molecule has 0 saturated heterocycles. The van der Waals surface area contributed by atoms with Crippen LogP contribution >= 0.6 is 0 Å². The smallest absolute Gasteiger partial charge is 0.340 e. The van der Waals surface area contributed by atoms with Gasteiger partial charge in [0.25, 0.3) is 0 Å². The van der Waals surface area contributed by atoms with Gasteiger partial charge in [-0.2, -0.15) is 0 Å². The Morgan fingerprint density at radius 3 is 2.50 bits per heavy atom. The average molecular weight is 411 g/mol. The quantitative estimate of drug-likeness (QED) is 0.478. The van der Waals surface area contributed by atoms with E-state index < -0.39 is 11.6 Å². The number of esters is 1. The average Bonchev–Trinajstić information content (AvgIpc) is 2.77. The van der Waals surface area contributed by atoms with Crippen molar-refractivity contribution >= 4 is 22.6 Å². The zero-order chi connectivity index (χ0) is 21.4. The third-order valence-corrected chi connectivity index (χ3v) is 5.15. The SMILES string of the molecule is COC(=O)c1cc(OC)c(OC)cc1N1COc2ccc3c(C)cc(=O)oc3c2C1. The molecule has 2 aromatic carbocycles. The third-order valence-electron chi connectivity index (χ3n) is 5.15. The van der Waals surface area contributed by atoms with Crippen LogP contribution in [0.3, 0.4) is 0 Å². The maximum atomic E-state index is 12.4. The van der Waals surface area contributed by atoms with Crippen molar-refractivity contribution in [3.05, 3.63) is 57.4 Å². The van der Waals surface area contributed by atoms with Gasteiger partial charge in [-0.3, -0.25) is 0 Å². The molecule has 1 aromatic heterocycles. The summed E-state index contributed by atoms with van der Waals surface area (Å²) in [6.07, 6.45) is 0. The standard InChI is InChI=1S/C22H21NO7/c1-12-7-20(24)30-21-13(12)5-6-17-15(21)10-23(11-29-17)16-9-19(27-3)18(26-2)8-14(16)22(25)28-4/h5-9H,10-11H2,1-4H3. The molecule has 156 valence electrons. The maximum absolute atomic E-state index is 12.4. The number of nitrogens with zero attached hydrogens (tertiary/aromatic N) is 1. The zero-order valence-corrected chi connectivity index (χ0v) is 17.1. The highest BCUT2D eigenvalue weighted by Gasteiger charge is 2.27. The van der Waals surface area contributed by atoms with Crippen molar-refractivity contribution in [1.29, 1.82) is 0 Å². The number of anilines is 1. The molecule has 8 heteroatoms. The van der Waals surface area contributed by atoms with Gasteiger partial charge >= 0.3 is 11.6 Å². The summed E-state index contributed by atoms with van der Waals surface area (Å²) < 4.78 is 27.1. The second-order valence-corrected chi connectivity index (χ2v) is 6.85. The first-order valence-electron chi connectivity index (χ1n) is 9.25. The molecule has 1 aliphatic rings. The van der Waals surface area contributed by atoms with E-state index in [2.05, 4.69) is 0 Å². The van der Waals surface area contributed by atoms with E-state index in [-0.39, 0.29) is 6.73 Å². The Kier molecular flexibility index (Phi) is 4.99. The number of hydrogen-bond donors (Lipinski definition) is 0. The van der Waals surface area contributed by atoms with Crippen LogP contribution in [-0.2, 0) is 11.3 Å². The van der Waals surface area contributed by atoms with E-state index in [0.29, 0.717) is 40.6 Å². The Hall–Kier alpha value is -3.68. The summed E-state index contributed by atoms with van der Waals surface area (Å²) in [5.74, 6) is 0.989. The molecule has 0 bridgehead atoms. The van der Waals surface area contributed by atoms with Gasteiger partial charge in [-0.25, -0.2) is 9.59 Å². The zero-order valence-electron chi connectivity index (χ0n) is 17.1. The number of carbonyl (C=O) groups excluding carboxylic acids is 1. The molecule has 0 fully saturated rings. The van der Waals surface area contributed by atoms with Crippen LogP contribution in [-0.4, -0.2) is 34.0 Å². The van der Waals surface area contributed by atoms with Gasteiger partial charge in [0.2, 0.25) is 0 Å². The van der Waals surface area contributed by atoms with E-state index in [9.17, 15) is 9.59 Å². The van der Waals surface area contributed by atoms with Crippen molar-refractivity contribution in [3.8, 4) is 17.2 Å². The van der Waals surface area contributed by atoms with Crippen molar-refractivity contribution in [3.63, 3.8) is 0 Å². The lowest BCUT2D eigenvalue weighted by atomic mass is 10.0. The van der Waals surface area contributed by atoms with Crippen molar-refractivity contribution in [2.45, 2.75) is 13.5 Å². The molecular formula is C22H21NO7.